The van der Waals surface area contributed by atoms with Crippen molar-refractivity contribution in [3.8, 4) is 0 Å². The number of likely N-dealkylation sites (tertiary alicyclic amines) is 1. The molecule has 3 rings (SSSR count). The van der Waals surface area contributed by atoms with Gasteiger partial charge in [0.1, 0.15) is 5.54 Å². The minimum atomic E-state index is -0.253. The van der Waals surface area contributed by atoms with E-state index in [1.165, 1.54) is 5.56 Å². The van der Waals surface area contributed by atoms with Gasteiger partial charge in [-0.15, -0.1) is 0 Å². The van der Waals surface area contributed by atoms with Gasteiger partial charge in [-0.1, -0.05) is 30.3 Å². The maximum Gasteiger partial charge on any atom is 0.244 e. The normalized spacial score (nSPS) is 22.9. The summed E-state index contributed by atoms with van der Waals surface area (Å²) >= 11 is 0. The molecule has 1 aromatic carbocycles. The van der Waals surface area contributed by atoms with Gasteiger partial charge in [0, 0.05) is 25.7 Å². The second kappa shape index (κ2) is 6.01. The summed E-state index contributed by atoms with van der Waals surface area (Å²) in [5.41, 5.74) is 1.10. The Balaban J connectivity index is 1.65. The molecule has 1 spiro atoms. The number of benzene rings is 1. The van der Waals surface area contributed by atoms with Crippen molar-refractivity contribution in [3.63, 3.8) is 0 Å². The molecule has 22 heavy (non-hydrogen) atoms. The Labute approximate surface area is 133 Å². The molecule has 0 bridgehead atoms. The van der Waals surface area contributed by atoms with Crippen molar-refractivity contribution in [3.05, 3.63) is 35.9 Å². The minimum Gasteiger partial charge on any atom is -0.326 e. The highest BCUT2D eigenvalue weighted by Gasteiger charge is 2.52. The molecule has 4 heteroatoms. The summed E-state index contributed by atoms with van der Waals surface area (Å²) in [6.45, 7) is 7.97. The summed E-state index contributed by atoms with van der Waals surface area (Å²) in [6, 6.07) is 10.9. The van der Waals surface area contributed by atoms with E-state index in [4.69, 9.17) is 0 Å². The SMILES string of the molecule is CC(C)N1CN(C)C2(CCN(Cc3ccccc3)CC2)C1=O. The molecule has 0 aromatic heterocycles. The van der Waals surface area contributed by atoms with Gasteiger partial charge >= 0.3 is 0 Å². The maximum atomic E-state index is 12.9. The first-order valence-corrected chi connectivity index (χ1v) is 8.31. The molecule has 0 aliphatic carbocycles. The molecular weight excluding hydrogens is 274 g/mol. The molecule has 2 heterocycles. The molecule has 4 nitrogen and oxygen atoms in total. The van der Waals surface area contributed by atoms with Crippen molar-refractivity contribution in [2.24, 2.45) is 0 Å². The summed E-state index contributed by atoms with van der Waals surface area (Å²) in [4.78, 5) is 19.6. The fraction of sp³-hybridized carbons (Fsp3) is 0.611. The molecule has 2 aliphatic rings. The number of piperidine rings is 1. The van der Waals surface area contributed by atoms with E-state index < -0.39 is 0 Å². The first kappa shape index (κ1) is 15.5. The lowest BCUT2D eigenvalue weighted by Gasteiger charge is -2.41. The van der Waals surface area contributed by atoms with Crippen LogP contribution in [0.4, 0.5) is 0 Å². The molecule has 0 saturated carbocycles. The van der Waals surface area contributed by atoms with Crippen LogP contribution < -0.4 is 0 Å². The largest absolute Gasteiger partial charge is 0.326 e. The van der Waals surface area contributed by atoms with Crippen LogP contribution in [0.5, 0.6) is 0 Å². The van der Waals surface area contributed by atoms with Gasteiger partial charge in [-0.25, -0.2) is 0 Å². The Hall–Kier alpha value is -1.39. The Morgan fingerprint density at radius 2 is 1.77 bits per heavy atom. The number of rotatable bonds is 3. The number of likely N-dealkylation sites (N-methyl/N-ethyl adjacent to an activating group) is 1. The highest BCUT2D eigenvalue weighted by Crippen LogP contribution is 2.36. The lowest BCUT2D eigenvalue weighted by Crippen LogP contribution is -2.55. The van der Waals surface area contributed by atoms with Crippen LogP contribution in [0.3, 0.4) is 0 Å². The molecule has 0 N–H and O–H groups in total. The average Bonchev–Trinajstić information content (AvgIpc) is 2.76. The van der Waals surface area contributed by atoms with Gasteiger partial charge in [0.15, 0.2) is 0 Å². The van der Waals surface area contributed by atoms with E-state index in [1.54, 1.807) is 0 Å². The van der Waals surface area contributed by atoms with E-state index in [9.17, 15) is 4.79 Å². The Bertz CT molecular complexity index is 520. The number of nitrogens with zero attached hydrogens (tertiary/aromatic N) is 3. The van der Waals surface area contributed by atoms with Gasteiger partial charge in [-0.3, -0.25) is 14.6 Å². The van der Waals surface area contributed by atoms with E-state index in [0.29, 0.717) is 5.91 Å². The van der Waals surface area contributed by atoms with Crippen LogP contribution in [0.25, 0.3) is 0 Å². The van der Waals surface area contributed by atoms with Crippen LogP contribution in [-0.2, 0) is 11.3 Å². The summed E-state index contributed by atoms with van der Waals surface area (Å²) in [7, 11) is 2.10. The molecule has 2 aliphatic heterocycles. The van der Waals surface area contributed by atoms with Crippen LogP contribution in [0, 0.1) is 0 Å². The third-order valence-electron chi connectivity index (χ3n) is 5.31. The lowest BCUT2D eigenvalue weighted by atomic mass is 9.86. The fourth-order valence-corrected chi connectivity index (χ4v) is 3.77. The van der Waals surface area contributed by atoms with E-state index in [1.807, 2.05) is 4.90 Å². The Morgan fingerprint density at radius 1 is 1.14 bits per heavy atom. The minimum absolute atomic E-state index is 0.253. The van der Waals surface area contributed by atoms with Crippen molar-refractivity contribution < 1.29 is 4.79 Å². The molecule has 0 atom stereocenters. The highest BCUT2D eigenvalue weighted by atomic mass is 16.2. The van der Waals surface area contributed by atoms with Crippen molar-refractivity contribution in [2.45, 2.75) is 44.8 Å². The van der Waals surface area contributed by atoms with Gasteiger partial charge in [-0.2, -0.15) is 0 Å². The first-order valence-electron chi connectivity index (χ1n) is 8.31. The number of carbonyl (C=O) groups is 1. The number of carbonyl (C=O) groups excluding carboxylic acids is 1. The summed E-state index contributed by atoms with van der Waals surface area (Å²) < 4.78 is 0. The van der Waals surface area contributed by atoms with Crippen LogP contribution in [0.1, 0.15) is 32.3 Å². The third-order valence-corrected chi connectivity index (χ3v) is 5.31. The van der Waals surface area contributed by atoms with Gasteiger partial charge in [0.05, 0.1) is 6.67 Å². The third kappa shape index (κ3) is 2.66. The molecule has 1 amide bonds. The second-order valence-corrected chi connectivity index (χ2v) is 7.00. The van der Waals surface area contributed by atoms with E-state index in [2.05, 4.69) is 61.0 Å². The molecule has 0 radical (unpaired) electrons. The molecular formula is C18H27N3O. The van der Waals surface area contributed by atoms with Crippen LogP contribution >= 0.6 is 0 Å². The van der Waals surface area contributed by atoms with Gasteiger partial charge in [-0.05, 0) is 39.3 Å². The standard InChI is InChI=1S/C18H27N3O/c1-15(2)21-14-19(3)18(17(21)22)9-11-20(12-10-18)13-16-7-5-4-6-8-16/h4-8,15H,9-14H2,1-3H3. The van der Waals surface area contributed by atoms with Crippen molar-refractivity contribution in [1.29, 1.82) is 0 Å². The molecule has 1 aromatic rings. The first-order chi connectivity index (χ1) is 10.5. The summed E-state index contributed by atoms with van der Waals surface area (Å²) in [5, 5.41) is 0. The Kier molecular flexibility index (Phi) is 4.24. The van der Waals surface area contributed by atoms with E-state index in [-0.39, 0.29) is 11.6 Å². The van der Waals surface area contributed by atoms with Gasteiger partial charge < -0.3 is 4.90 Å². The van der Waals surface area contributed by atoms with Gasteiger partial charge in [0.25, 0.3) is 0 Å². The molecule has 120 valence electrons. The highest BCUT2D eigenvalue weighted by molar-refractivity contribution is 5.88. The Morgan fingerprint density at radius 3 is 2.32 bits per heavy atom. The van der Waals surface area contributed by atoms with Crippen LogP contribution in [-0.4, -0.2) is 59.0 Å². The number of hydrogen-bond acceptors (Lipinski definition) is 3. The number of hydrogen-bond donors (Lipinski definition) is 0. The monoisotopic (exact) mass is 301 g/mol. The molecule has 2 fully saturated rings. The predicted octanol–water partition coefficient (Wildman–Crippen LogP) is 2.16. The summed E-state index contributed by atoms with van der Waals surface area (Å²) in [5.74, 6) is 0.337. The van der Waals surface area contributed by atoms with Crippen LogP contribution in [0.15, 0.2) is 30.3 Å². The zero-order valence-corrected chi connectivity index (χ0v) is 14.0. The molecule has 0 unspecified atom stereocenters. The van der Waals surface area contributed by atoms with Crippen molar-refractivity contribution >= 4 is 5.91 Å². The smallest absolute Gasteiger partial charge is 0.244 e. The van der Waals surface area contributed by atoms with E-state index >= 15 is 0 Å². The zero-order chi connectivity index (χ0) is 15.7. The van der Waals surface area contributed by atoms with Crippen LogP contribution in [0.2, 0.25) is 0 Å². The van der Waals surface area contributed by atoms with Crippen molar-refractivity contribution in [2.75, 3.05) is 26.8 Å². The summed E-state index contributed by atoms with van der Waals surface area (Å²) in [6.07, 6.45) is 1.89. The zero-order valence-electron chi connectivity index (χ0n) is 14.0. The number of amides is 1. The average molecular weight is 301 g/mol. The quantitative estimate of drug-likeness (QED) is 0.856. The molecule has 2 saturated heterocycles. The topological polar surface area (TPSA) is 26.8 Å². The lowest BCUT2D eigenvalue weighted by molar-refractivity contribution is -0.136. The predicted molar refractivity (Wildman–Crippen MR) is 88.3 cm³/mol. The second-order valence-electron chi connectivity index (χ2n) is 7.00. The fourth-order valence-electron chi connectivity index (χ4n) is 3.77. The van der Waals surface area contributed by atoms with Gasteiger partial charge in [0.2, 0.25) is 5.91 Å². The van der Waals surface area contributed by atoms with E-state index in [0.717, 1.165) is 39.1 Å². The van der Waals surface area contributed by atoms with Crippen molar-refractivity contribution in [1.82, 2.24) is 14.7 Å². The maximum absolute atomic E-state index is 12.9.